The Hall–Kier alpha value is -0.180. The average Bonchev–Trinajstić information content (AvgIpc) is 2.75. The van der Waals surface area contributed by atoms with Crippen LogP contribution in [-0.4, -0.2) is 88.2 Å². The molecule has 0 atom stereocenters. The van der Waals surface area contributed by atoms with Crippen molar-refractivity contribution in [3.63, 3.8) is 0 Å². The lowest BCUT2D eigenvalue weighted by atomic mass is 10.1. The van der Waals surface area contributed by atoms with Crippen LogP contribution in [0.25, 0.3) is 0 Å². The number of hydrogen-bond donors (Lipinski definition) is 2. The molecule has 36 heavy (non-hydrogen) atoms. The van der Waals surface area contributed by atoms with Crippen LogP contribution in [0.1, 0.15) is 104 Å². The van der Waals surface area contributed by atoms with Gasteiger partial charge >= 0.3 is 0 Å². The molecule has 2 N–H and O–H groups in total. The van der Waals surface area contributed by atoms with E-state index in [1.54, 1.807) is 0 Å². The number of rotatable bonds is 23. The van der Waals surface area contributed by atoms with Crippen molar-refractivity contribution >= 4 is 11.8 Å². The van der Waals surface area contributed by atoms with Crippen LogP contribution in [0, 0.1) is 0 Å². The predicted octanol–water partition coefficient (Wildman–Crippen LogP) is -1.12. The van der Waals surface area contributed by atoms with Gasteiger partial charge in [0.25, 0.3) is 11.8 Å². The van der Waals surface area contributed by atoms with E-state index < -0.39 is 0 Å². The highest BCUT2D eigenvalue weighted by atomic mass is 79.9. The van der Waals surface area contributed by atoms with Gasteiger partial charge in [0.1, 0.15) is 0 Å². The first kappa shape index (κ1) is 40.3. The molecule has 0 saturated heterocycles. The van der Waals surface area contributed by atoms with Crippen LogP contribution in [0.5, 0.6) is 0 Å². The summed E-state index contributed by atoms with van der Waals surface area (Å²) >= 11 is 0. The molecule has 0 unspecified atom stereocenters. The smallest absolute Gasteiger partial charge is 0.275 e. The number of carbonyl (C=O) groups excluding carboxylic acids is 2. The van der Waals surface area contributed by atoms with Crippen molar-refractivity contribution in [3.05, 3.63) is 0 Å². The number of quaternary nitrogens is 2. The molecule has 0 saturated carbocycles. The third-order valence-electron chi connectivity index (χ3n) is 6.63. The molecule has 0 aliphatic rings. The van der Waals surface area contributed by atoms with E-state index >= 15 is 0 Å². The van der Waals surface area contributed by atoms with Crippen molar-refractivity contribution in [2.75, 3.05) is 67.5 Å². The lowest BCUT2D eigenvalue weighted by molar-refractivity contribution is -0.889. The van der Waals surface area contributed by atoms with Crippen LogP contribution in [-0.2, 0) is 9.59 Å². The molecular formula is C28H60Br2N4O2. The zero-order valence-corrected chi connectivity index (χ0v) is 27.8. The topological polar surface area (TPSA) is 58.2 Å². The average molecular weight is 645 g/mol. The van der Waals surface area contributed by atoms with Crippen molar-refractivity contribution in [1.82, 2.24) is 10.6 Å². The molecule has 0 heterocycles. The van der Waals surface area contributed by atoms with E-state index in [1.165, 1.54) is 64.2 Å². The predicted molar refractivity (Wildman–Crippen MR) is 146 cm³/mol. The molecule has 0 spiro atoms. The van der Waals surface area contributed by atoms with Crippen molar-refractivity contribution in [2.45, 2.75) is 104 Å². The van der Waals surface area contributed by atoms with E-state index in [4.69, 9.17) is 0 Å². The number of unbranched alkanes of at least 4 members (excludes halogenated alkanes) is 11. The van der Waals surface area contributed by atoms with E-state index in [0.29, 0.717) is 22.1 Å². The molecule has 0 fully saturated rings. The fourth-order valence-electron chi connectivity index (χ4n) is 4.39. The summed E-state index contributed by atoms with van der Waals surface area (Å²) in [6, 6.07) is 0. The Balaban J connectivity index is -0.00000544. The van der Waals surface area contributed by atoms with Crippen LogP contribution < -0.4 is 44.6 Å². The summed E-state index contributed by atoms with van der Waals surface area (Å²) in [5, 5.41) is 6.19. The minimum Gasteiger partial charge on any atom is -1.00 e. The largest absolute Gasteiger partial charge is 1.00 e. The maximum atomic E-state index is 12.3. The van der Waals surface area contributed by atoms with Crippen LogP contribution in [0.4, 0.5) is 0 Å². The van der Waals surface area contributed by atoms with E-state index in [-0.39, 0.29) is 45.8 Å². The fraction of sp³-hybridized carbons (Fsp3) is 0.929. The second-order valence-corrected chi connectivity index (χ2v) is 11.6. The number of nitrogens with one attached hydrogen (secondary N) is 2. The highest BCUT2D eigenvalue weighted by Crippen LogP contribution is 2.07. The number of likely N-dealkylation sites (N-methyl/N-ethyl adjacent to an activating group) is 2. The standard InChI is InChI=1S/C28H58N4O2.2BrH/c1-7-9-11-13-15-17-21-29-27(33)25-31(3,4)23-19-20-24-32(5,6)26-28(34)30-22-18-16-14-12-10-8-2;;/h7-26H2,1-6H3;2*1H. The van der Waals surface area contributed by atoms with Gasteiger partial charge in [-0.2, -0.15) is 0 Å². The van der Waals surface area contributed by atoms with E-state index in [1.807, 2.05) is 0 Å². The SMILES string of the molecule is CCCCCCCCNC(=O)C[N+](C)(C)CCCC[N+](C)(C)CC(=O)NCCCCCCCC.[Br-].[Br-]. The molecule has 0 radical (unpaired) electrons. The maximum Gasteiger partial charge on any atom is 0.275 e. The molecule has 0 aromatic rings. The Kier molecular flexibility index (Phi) is 28.1. The minimum atomic E-state index is 0. The molecule has 0 aromatic carbocycles. The maximum absolute atomic E-state index is 12.3. The quantitative estimate of drug-likeness (QED) is 0.110. The van der Waals surface area contributed by atoms with Crippen LogP contribution >= 0.6 is 0 Å². The third-order valence-corrected chi connectivity index (χ3v) is 6.63. The first-order valence-corrected chi connectivity index (χ1v) is 14.3. The zero-order valence-electron chi connectivity index (χ0n) is 24.6. The van der Waals surface area contributed by atoms with Gasteiger partial charge in [-0.15, -0.1) is 0 Å². The van der Waals surface area contributed by atoms with Crippen molar-refractivity contribution < 1.29 is 52.5 Å². The highest BCUT2D eigenvalue weighted by Gasteiger charge is 2.22. The lowest BCUT2D eigenvalue weighted by Gasteiger charge is -2.31. The molecule has 0 aromatic heterocycles. The molecule has 0 aliphatic heterocycles. The van der Waals surface area contributed by atoms with Gasteiger partial charge in [0.15, 0.2) is 13.1 Å². The normalized spacial score (nSPS) is 11.4. The number of halogens is 2. The Morgan fingerprint density at radius 2 is 0.806 bits per heavy atom. The summed E-state index contributed by atoms with van der Waals surface area (Å²) in [7, 11) is 8.56. The van der Waals surface area contributed by atoms with Crippen LogP contribution in [0.15, 0.2) is 0 Å². The van der Waals surface area contributed by atoms with Crippen molar-refractivity contribution in [2.24, 2.45) is 0 Å². The first-order valence-electron chi connectivity index (χ1n) is 14.3. The van der Waals surface area contributed by atoms with Gasteiger partial charge in [-0.1, -0.05) is 78.1 Å². The van der Waals surface area contributed by atoms with E-state index in [9.17, 15) is 9.59 Å². The highest BCUT2D eigenvalue weighted by molar-refractivity contribution is 5.77. The van der Waals surface area contributed by atoms with Crippen LogP contribution in [0.2, 0.25) is 0 Å². The second kappa shape index (κ2) is 25.1. The van der Waals surface area contributed by atoms with Crippen molar-refractivity contribution in [3.8, 4) is 0 Å². The summed E-state index contributed by atoms with van der Waals surface area (Å²) in [5.41, 5.74) is 0. The summed E-state index contributed by atoms with van der Waals surface area (Å²) in [5.74, 6) is 0.327. The molecule has 6 nitrogen and oxygen atoms in total. The summed E-state index contributed by atoms with van der Waals surface area (Å²) in [6.45, 7) is 9.11. The summed E-state index contributed by atoms with van der Waals surface area (Å²) in [6.07, 6.45) is 17.1. The second-order valence-electron chi connectivity index (χ2n) is 11.6. The van der Waals surface area contributed by atoms with E-state index in [2.05, 4.69) is 52.7 Å². The molecule has 218 valence electrons. The Morgan fingerprint density at radius 1 is 0.500 bits per heavy atom. The zero-order chi connectivity index (χ0) is 25.7. The molecule has 0 aliphatic carbocycles. The van der Waals surface area contributed by atoms with Gasteiger partial charge in [-0.3, -0.25) is 9.59 Å². The van der Waals surface area contributed by atoms with Crippen molar-refractivity contribution in [1.29, 1.82) is 0 Å². The minimum absolute atomic E-state index is 0. The Labute approximate surface area is 245 Å². The first-order chi connectivity index (χ1) is 16.1. The summed E-state index contributed by atoms with van der Waals surface area (Å²) < 4.78 is 1.43. The monoisotopic (exact) mass is 642 g/mol. The number of amides is 2. The van der Waals surface area contributed by atoms with E-state index in [0.717, 1.165) is 51.9 Å². The number of carbonyl (C=O) groups is 2. The van der Waals surface area contributed by atoms with Gasteiger partial charge in [0.05, 0.1) is 41.3 Å². The fourth-order valence-corrected chi connectivity index (χ4v) is 4.39. The van der Waals surface area contributed by atoms with Gasteiger partial charge in [-0.25, -0.2) is 0 Å². The van der Waals surface area contributed by atoms with Crippen LogP contribution in [0.3, 0.4) is 0 Å². The van der Waals surface area contributed by atoms with Gasteiger partial charge < -0.3 is 53.6 Å². The molecule has 8 heteroatoms. The molecular weight excluding hydrogens is 584 g/mol. The third kappa shape index (κ3) is 26.9. The lowest BCUT2D eigenvalue weighted by Crippen LogP contribution is -3.00. The van der Waals surface area contributed by atoms with Gasteiger partial charge in [0.2, 0.25) is 0 Å². The van der Waals surface area contributed by atoms with Gasteiger partial charge in [-0.05, 0) is 12.8 Å². The molecule has 2 amide bonds. The Morgan fingerprint density at radius 3 is 1.14 bits per heavy atom. The number of hydrogen-bond acceptors (Lipinski definition) is 2. The Bertz CT molecular complexity index is 486. The molecule has 0 rings (SSSR count). The molecule has 0 bridgehead atoms. The summed E-state index contributed by atoms with van der Waals surface area (Å²) in [4.78, 5) is 24.6. The van der Waals surface area contributed by atoms with Gasteiger partial charge in [0, 0.05) is 25.9 Å². The number of nitrogens with zero attached hydrogens (tertiary/aromatic N) is 2.